The Balaban J connectivity index is 1.90. The van der Waals surface area contributed by atoms with Crippen LogP contribution in [0.1, 0.15) is 30.6 Å². The molecule has 0 radical (unpaired) electrons. The summed E-state index contributed by atoms with van der Waals surface area (Å²) in [5.74, 6) is -0.227. The predicted octanol–water partition coefficient (Wildman–Crippen LogP) is 2.63. The van der Waals surface area contributed by atoms with Crippen LogP contribution in [-0.4, -0.2) is 40.5 Å². The smallest absolute Gasteiger partial charge is 0.251 e. The van der Waals surface area contributed by atoms with Crippen molar-refractivity contribution in [1.29, 1.82) is 0 Å². The van der Waals surface area contributed by atoms with Crippen LogP contribution in [-0.2, 0) is 10.0 Å². The van der Waals surface area contributed by atoms with Gasteiger partial charge in [0.25, 0.3) is 5.91 Å². The van der Waals surface area contributed by atoms with Crippen LogP contribution >= 0.6 is 0 Å². The first-order chi connectivity index (χ1) is 12.8. The minimum atomic E-state index is -3.56. The number of sulfonamides is 1. The van der Waals surface area contributed by atoms with Gasteiger partial charge in [0.2, 0.25) is 10.0 Å². The van der Waals surface area contributed by atoms with Crippen LogP contribution in [0, 0.1) is 0 Å². The van der Waals surface area contributed by atoms with Crippen molar-refractivity contribution >= 4 is 21.6 Å². The van der Waals surface area contributed by atoms with Gasteiger partial charge in [0, 0.05) is 37.4 Å². The molecule has 0 aliphatic heterocycles. The molecular weight excluding hydrogens is 362 g/mol. The van der Waals surface area contributed by atoms with Gasteiger partial charge in [-0.1, -0.05) is 25.1 Å². The quantitative estimate of drug-likeness (QED) is 0.691. The zero-order valence-electron chi connectivity index (χ0n) is 16.0. The first kappa shape index (κ1) is 20.9. The molecule has 2 aromatic carbocycles. The summed E-state index contributed by atoms with van der Waals surface area (Å²) < 4.78 is 27.1. The lowest BCUT2D eigenvalue weighted by atomic mass is 10.2. The van der Waals surface area contributed by atoms with E-state index in [-0.39, 0.29) is 16.8 Å². The van der Waals surface area contributed by atoms with Gasteiger partial charge < -0.3 is 10.2 Å². The topological polar surface area (TPSA) is 78.5 Å². The highest BCUT2D eigenvalue weighted by molar-refractivity contribution is 7.89. The lowest BCUT2D eigenvalue weighted by Crippen LogP contribution is -2.33. The minimum Gasteiger partial charge on any atom is -0.373 e. The normalized spacial score (nSPS) is 12.4. The first-order valence-corrected chi connectivity index (χ1v) is 10.5. The minimum absolute atomic E-state index is 0.139. The Labute approximate surface area is 161 Å². The molecule has 1 atom stereocenters. The molecule has 0 unspecified atom stereocenters. The fourth-order valence-electron chi connectivity index (χ4n) is 2.45. The fourth-order valence-corrected chi connectivity index (χ4v) is 3.78. The zero-order valence-corrected chi connectivity index (χ0v) is 16.8. The summed E-state index contributed by atoms with van der Waals surface area (Å²) in [6.45, 7) is 4.88. The largest absolute Gasteiger partial charge is 0.373 e. The molecule has 0 spiro atoms. The molecule has 0 bridgehead atoms. The average Bonchev–Trinajstić information content (AvgIpc) is 2.68. The highest BCUT2D eigenvalue weighted by atomic mass is 32.2. The molecular formula is C20H27N3O3S. The van der Waals surface area contributed by atoms with Crippen molar-refractivity contribution in [3.05, 3.63) is 60.2 Å². The molecule has 2 N–H and O–H groups in total. The van der Waals surface area contributed by atoms with E-state index in [0.717, 1.165) is 5.69 Å². The number of rotatable bonds is 9. The second kappa shape index (κ2) is 9.53. The maximum atomic E-state index is 12.3. The second-order valence-electron chi connectivity index (χ2n) is 6.47. The van der Waals surface area contributed by atoms with Crippen LogP contribution in [0.3, 0.4) is 0 Å². The van der Waals surface area contributed by atoms with Crippen molar-refractivity contribution < 1.29 is 13.2 Å². The van der Waals surface area contributed by atoms with Gasteiger partial charge in [0.15, 0.2) is 0 Å². The number of amides is 1. The Morgan fingerprint density at radius 2 is 1.70 bits per heavy atom. The number of hydrogen-bond acceptors (Lipinski definition) is 4. The fraction of sp³-hybridized carbons (Fsp3) is 0.350. The number of nitrogens with zero attached hydrogens (tertiary/aromatic N) is 1. The molecule has 0 aromatic heterocycles. The van der Waals surface area contributed by atoms with Gasteiger partial charge in [0.1, 0.15) is 0 Å². The van der Waals surface area contributed by atoms with E-state index in [0.29, 0.717) is 25.1 Å². The molecule has 2 aromatic rings. The lowest BCUT2D eigenvalue weighted by molar-refractivity contribution is 0.0954. The van der Waals surface area contributed by atoms with E-state index in [1.54, 1.807) is 0 Å². The predicted molar refractivity (Wildman–Crippen MR) is 109 cm³/mol. The molecule has 2 rings (SSSR count). The summed E-state index contributed by atoms with van der Waals surface area (Å²) in [7, 11) is -1.60. The number of carbonyl (C=O) groups excluding carboxylic acids is 1. The molecule has 0 aliphatic rings. The van der Waals surface area contributed by atoms with Crippen molar-refractivity contribution in [2.24, 2.45) is 0 Å². The van der Waals surface area contributed by atoms with Crippen LogP contribution in [0.2, 0.25) is 0 Å². The summed E-state index contributed by atoms with van der Waals surface area (Å²) in [5.41, 5.74) is 1.51. The maximum Gasteiger partial charge on any atom is 0.251 e. The zero-order chi connectivity index (χ0) is 19.9. The van der Waals surface area contributed by atoms with E-state index in [4.69, 9.17) is 0 Å². The van der Waals surface area contributed by atoms with E-state index in [1.807, 2.05) is 51.2 Å². The molecule has 0 heterocycles. The summed E-state index contributed by atoms with van der Waals surface area (Å²) in [6, 6.07) is 15.7. The third-order valence-corrected chi connectivity index (χ3v) is 5.93. The summed E-state index contributed by atoms with van der Waals surface area (Å²) in [6.07, 6.45) is 0.706. The average molecular weight is 390 g/mol. The van der Waals surface area contributed by atoms with Crippen LogP contribution < -0.4 is 14.9 Å². The highest BCUT2D eigenvalue weighted by Gasteiger charge is 2.17. The highest BCUT2D eigenvalue weighted by Crippen LogP contribution is 2.12. The third kappa shape index (κ3) is 6.08. The van der Waals surface area contributed by atoms with E-state index < -0.39 is 10.0 Å². The Bertz CT molecular complexity index is 837. The van der Waals surface area contributed by atoms with E-state index in [9.17, 15) is 13.2 Å². The Hall–Kier alpha value is -2.38. The number of benzene rings is 2. The van der Waals surface area contributed by atoms with Crippen molar-refractivity contribution in [3.63, 3.8) is 0 Å². The molecule has 1 amide bonds. The van der Waals surface area contributed by atoms with Gasteiger partial charge in [0.05, 0.1) is 4.90 Å². The Kier molecular flexibility index (Phi) is 7.38. The summed E-state index contributed by atoms with van der Waals surface area (Å²) >= 11 is 0. The SMILES string of the molecule is CC[C@@H](C)NS(=O)(=O)c1ccc(C(=O)NCCN(C)c2ccccc2)cc1. The number of likely N-dealkylation sites (N-methyl/N-ethyl adjacent to an activating group) is 1. The number of para-hydroxylation sites is 1. The van der Waals surface area contributed by atoms with Gasteiger partial charge in [-0.25, -0.2) is 13.1 Å². The van der Waals surface area contributed by atoms with Gasteiger partial charge >= 0.3 is 0 Å². The van der Waals surface area contributed by atoms with E-state index >= 15 is 0 Å². The van der Waals surface area contributed by atoms with Crippen LogP contribution in [0.15, 0.2) is 59.5 Å². The maximum absolute atomic E-state index is 12.3. The third-order valence-electron chi connectivity index (χ3n) is 4.33. The van der Waals surface area contributed by atoms with Crippen LogP contribution in [0.4, 0.5) is 5.69 Å². The Morgan fingerprint density at radius 1 is 1.07 bits per heavy atom. The molecule has 0 aliphatic carbocycles. The molecule has 0 saturated heterocycles. The lowest BCUT2D eigenvalue weighted by Gasteiger charge is -2.19. The van der Waals surface area contributed by atoms with Crippen molar-refractivity contribution in [2.75, 3.05) is 25.0 Å². The van der Waals surface area contributed by atoms with E-state index in [2.05, 4.69) is 14.9 Å². The number of carbonyl (C=O) groups is 1. The standard InChI is InChI=1S/C20H27N3O3S/c1-4-16(2)22-27(25,26)19-12-10-17(11-13-19)20(24)21-14-15-23(3)18-8-6-5-7-9-18/h5-13,16,22H,4,14-15H2,1-3H3,(H,21,24)/t16-/m1/s1. The molecule has 27 heavy (non-hydrogen) atoms. The molecule has 146 valence electrons. The van der Waals surface area contributed by atoms with Crippen molar-refractivity contribution in [3.8, 4) is 0 Å². The molecule has 0 fully saturated rings. The number of anilines is 1. The molecule has 0 saturated carbocycles. The molecule has 6 nitrogen and oxygen atoms in total. The van der Waals surface area contributed by atoms with Crippen LogP contribution in [0.25, 0.3) is 0 Å². The van der Waals surface area contributed by atoms with E-state index in [1.165, 1.54) is 24.3 Å². The van der Waals surface area contributed by atoms with Crippen molar-refractivity contribution in [1.82, 2.24) is 10.0 Å². The summed E-state index contributed by atoms with van der Waals surface area (Å²) in [5, 5.41) is 2.85. The second-order valence-corrected chi connectivity index (χ2v) is 8.18. The Morgan fingerprint density at radius 3 is 2.30 bits per heavy atom. The van der Waals surface area contributed by atoms with Gasteiger partial charge in [-0.2, -0.15) is 0 Å². The monoisotopic (exact) mass is 389 g/mol. The summed E-state index contributed by atoms with van der Waals surface area (Å²) in [4.78, 5) is 14.5. The first-order valence-electron chi connectivity index (χ1n) is 9.00. The molecule has 7 heteroatoms. The van der Waals surface area contributed by atoms with Gasteiger partial charge in [-0.3, -0.25) is 4.79 Å². The van der Waals surface area contributed by atoms with Crippen molar-refractivity contribution in [2.45, 2.75) is 31.2 Å². The van der Waals surface area contributed by atoms with Gasteiger partial charge in [-0.15, -0.1) is 0 Å². The number of hydrogen-bond donors (Lipinski definition) is 2. The van der Waals surface area contributed by atoms with Gasteiger partial charge in [-0.05, 0) is 49.7 Å². The van der Waals surface area contributed by atoms with Crippen LogP contribution in [0.5, 0.6) is 0 Å². The number of nitrogens with one attached hydrogen (secondary N) is 2.